The summed E-state index contributed by atoms with van der Waals surface area (Å²) < 4.78 is 37.0. The Hall–Kier alpha value is -2.64. The lowest BCUT2D eigenvalue weighted by atomic mass is 10.0. The molecule has 7 heteroatoms. The molecule has 166 valence electrons. The van der Waals surface area contributed by atoms with Crippen molar-refractivity contribution in [1.29, 1.82) is 0 Å². The second-order valence-electron chi connectivity index (χ2n) is 7.87. The Morgan fingerprint density at radius 2 is 1.55 bits per heavy atom. The van der Waals surface area contributed by atoms with Gasteiger partial charge < -0.3 is 24.1 Å². The molecule has 2 atom stereocenters. The number of ketones is 1. The first kappa shape index (κ1) is 21.6. The number of carbonyl (C=O) groups is 1. The van der Waals surface area contributed by atoms with E-state index in [1.54, 1.807) is 24.3 Å². The SMILES string of the molecule is O=C(Cc1ccc(OC2CCCCO2)cc1)c1c(O)cc(OC2CCCCO2)cc1F. The predicted molar refractivity (Wildman–Crippen MR) is 111 cm³/mol. The molecule has 0 amide bonds. The van der Waals surface area contributed by atoms with E-state index >= 15 is 0 Å². The van der Waals surface area contributed by atoms with Crippen LogP contribution in [0.4, 0.5) is 4.39 Å². The summed E-state index contributed by atoms with van der Waals surface area (Å²) in [7, 11) is 0. The Labute approximate surface area is 180 Å². The highest BCUT2D eigenvalue weighted by Crippen LogP contribution is 2.30. The Morgan fingerprint density at radius 3 is 2.10 bits per heavy atom. The van der Waals surface area contributed by atoms with Crippen molar-refractivity contribution in [2.45, 2.75) is 57.5 Å². The zero-order valence-electron chi connectivity index (χ0n) is 17.3. The van der Waals surface area contributed by atoms with Crippen molar-refractivity contribution in [2.24, 2.45) is 0 Å². The van der Waals surface area contributed by atoms with Crippen LogP contribution >= 0.6 is 0 Å². The minimum Gasteiger partial charge on any atom is -0.507 e. The van der Waals surface area contributed by atoms with E-state index in [1.807, 2.05) is 0 Å². The van der Waals surface area contributed by atoms with E-state index in [4.69, 9.17) is 18.9 Å². The summed E-state index contributed by atoms with van der Waals surface area (Å²) in [5, 5.41) is 10.3. The van der Waals surface area contributed by atoms with E-state index in [2.05, 4.69) is 0 Å². The summed E-state index contributed by atoms with van der Waals surface area (Å²) in [4.78, 5) is 12.6. The zero-order valence-corrected chi connectivity index (χ0v) is 17.3. The van der Waals surface area contributed by atoms with Crippen LogP contribution in [0.25, 0.3) is 0 Å². The highest BCUT2D eigenvalue weighted by atomic mass is 19.1. The van der Waals surface area contributed by atoms with E-state index < -0.39 is 23.6 Å². The number of hydrogen-bond acceptors (Lipinski definition) is 6. The second-order valence-corrected chi connectivity index (χ2v) is 7.87. The van der Waals surface area contributed by atoms with Gasteiger partial charge in [0.15, 0.2) is 18.4 Å². The van der Waals surface area contributed by atoms with E-state index in [0.717, 1.165) is 38.2 Å². The quantitative estimate of drug-likeness (QED) is 0.638. The Morgan fingerprint density at radius 1 is 0.935 bits per heavy atom. The molecule has 2 heterocycles. The molecule has 2 unspecified atom stereocenters. The molecule has 0 saturated carbocycles. The van der Waals surface area contributed by atoms with Gasteiger partial charge in [0, 0.05) is 31.4 Å². The summed E-state index contributed by atoms with van der Waals surface area (Å²) in [5.41, 5.74) is 0.351. The van der Waals surface area contributed by atoms with Crippen molar-refractivity contribution in [2.75, 3.05) is 13.2 Å². The van der Waals surface area contributed by atoms with Crippen LogP contribution < -0.4 is 9.47 Å². The highest BCUT2D eigenvalue weighted by Gasteiger charge is 2.22. The van der Waals surface area contributed by atoms with Crippen LogP contribution in [0.3, 0.4) is 0 Å². The lowest BCUT2D eigenvalue weighted by Crippen LogP contribution is -2.25. The summed E-state index contributed by atoms with van der Waals surface area (Å²) >= 11 is 0. The van der Waals surface area contributed by atoms with E-state index in [0.29, 0.717) is 30.9 Å². The number of phenols is 1. The number of phenolic OH excluding ortho intramolecular Hbond substituents is 1. The molecule has 2 aromatic carbocycles. The van der Waals surface area contributed by atoms with Gasteiger partial charge in [-0.3, -0.25) is 4.79 Å². The normalized spacial score (nSPS) is 21.5. The molecular formula is C24H27FO6. The van der Waals surface area contributed by atoms with Crippen LogP contribution in [-0.2, 0) is 15.9 Å². The summed E-state index contributed by atoms with van der Waals surface area (Å²) in [6.45, 7) is 1.29. The molecule has 0 aliphatic carbocycles. The van der Waals surface area contributed by atoms with Crippen molar-refractivity contribution in [3.05, 3.63) is 53.3 Å². The first-order valence-electron chi connectivity index (χ1n) is 10.8. The van der Waals surface area contributed by atoms with Gasteiger partial charge in [-0.25, -0.2) is 4.39 Å². The Balaban J connectivity index is 1.38. The summed E-state index contributed by atoms with van der Waals surface area (Å²) in [5.74, 6) is -0.969. The van der Waals surface area contributed by atoms with Crippen LogP contribution in [0, 0.1) is 5.82 Å². The topological polar surface area (TPSA) is 74.2 Å². The van der Waals surface area contributed by atoms with Crippen molar-refractivity contribution >= 4 is 5.78 Å². The third kappa shape index (κ3) is 5.74. The Kier molecular flexibility index (Phi) is 7.04. The number of carbonyl (C=O) groups excluding carboxylic acids is 1. The second kappa shape index (κ2) is 10.1. The molecule has 2 fully saturated rings. The molecule has 4 rings (SSSR count). The summed E-state index contributed by atoms with van der Waals surface area (Å²) in [6.07, 6.45) is 4.86. The lowest BCUT2D eigenvalue weighted by molar-refractivity contribution is -0.106. The number of hydrogen-bond donors (Lipinski definition) is 1. The number of aromatic hydroxyl groups is 1. The van der Waals surface area contributed by atoms with Crippen molar-refractivity contribution < 1.29 is 33.2 Å². The van der Waals surface area contributed by atoms with Gasteiger partial charge in [0.05, 0.1) is 18.8 Å². The number of halogens is 1. The molecule has 2 aliphatic heterocycles. The van der Waals surface area contributed by atoms with Crippen molar-refractivity contribution in [3.8, 4) is 17.2 Å². The van der Waals surface area contributed by atoms with Crippen molar-refractivity contribution in [1.82, 2.24) is 0 Å². The molecule has 1 N–H and O–H groups in total. The van der Waals surface area contributed by atoms with Gasteiger partial charge >= 0.3 is 0 Å². The number of rotatable bonds is 7. The third-order valence-corrected chi connectivity index (χ3v) is 5.42. The first-order chi connectivity index (χ1) is 15.1. The zero-order chi connectivity index (χ0) is 21.6. The van der Waals surface area contributed by atoms with E-state index in [1.165, 1.54) is 6.07 Å². The molecule has 6 nitrogen and oxygen atoms in total. The number of benzene rings is 2. The molecule has 0 bridgehead atoms. The largest absolute Gasteiger partial charge is 0.507 e. The molecule has 0 radical (unpaired) electrons. The van der Waals surface area contributed by atoms with Gasteiger partial charge in [-0.05, 0) is 43.4 Å². The van der Waals surface area contributed by atoms with Gasteiger partial charge in [-0.15, -0.1) is 0 Å². The Bertz CT molecular complexity index is 862. The third-order valence-electron chi connectivity index (χ3n) is 5.42. The van der Waals surface area contributed by atoms with Gasteiger partial charge in [0.25, 0.3) is 0 Å². The number of ether oxygens (including phenoxy) is 4. The maximum absolute atomic E-state index is 14.6. The predicted octanol–water partition coefficient (Wildman–Crippen LogP) is 4.77. The fourth-order valence-corrected chi connectivity index (χ4v) is 3.78. The van der Waals surface area contributed by atoms with Gasteiger partial charge in [-0.1, -0.05) is 12.1 Å². The smallest absolute Gasteiger partial charge is 0.199 e. The first-order valence-corrected chi connectivity index (χ1v) is 10.8. The molecule has 2 aliphatic rings. The van der Waals surface area contributed by atoms with E-state index in [-0.39, 0.29) is 24.0 Å². The average molecular weight is 430 g/mol. The van der Waals surface area contributed by atoms with Crippen molar-refractivity contribution in [3.63, 3.8) is 0 Å². The van der Waals surface area contributed by atoms with Gasteiger partial charge in [0.2, 0.25) is 0 Å². The molecule has 31 heavy (non-hydrogen) atoms. The molecule has 0 aromatic heterocycles. The fourth-order valence-electron chi connectivity index (χ4n) is 3.78. The van der Waals surface area contributed by atoms with Crippen LogP contribution in [0.1, 0.15) is 54.4 Å². The molecule has 2 saturated heterocycles. The monoisotopic (exact) mass is 430 g/mol. The minimum absolute atomic E-state index is 0.0450. The van der Waals surface area contributed by atoms with Crippen LogP contribution in [0.2, 0.25) is 0 Å². The standard InChI is InChI=1S/C24H27FO6/c25-19-14-18(31-23-6-2-4-12-29-23)15-21(27)24(19)20(26)13-16-7-9-17(10-8-16)30-22-5-1-3-11-28-22/h7-10,14-15,22-23,27H,1-6,11-13H2. The fraction of sp³-hybridized carbons (Fsp3) is 0.458. The molecule has 0 spiro atoms. The van der Waals surface area contributed by atoms with Gasteiger partial charge in [-0.2, -0.15) is 0 Å². The minimum atomic E-state index is -0.815. The van der Waals surface area contributed by atoms with Crippen LogP contribution in [0.5, 0.6) is 17.2 Å². The maximum atomic E-state index is 14.6. The highest BCUT2D eigenvalue weighted by molar-refractivity contribution is 6.00. The number of Topliss-reactive ketones (excluding diaryl/α,β-unsaturated/α-hetero) is 1. The van der Waals surface area contributed by atoms with Crippen LogP contribution in [-0.4, -0.2) is 36.7 Å². The van der Waals surface area contributed by atoms with E-state index in [9.17, 15) is 14.3 Å². The molecule has 2 aromatic rings. The molecular weight excluding hydrogens is 403 g/mol. The average Bonchev–Trinajstić information content (AvgIpc) is 2.76. The lowest BCUT2D eigenvalue weighted by Gasteiger charge is -2.23. The summed E-state index contributed by atoms with van der Waals surface area (Å²) in [6, 6.07) is 9.41. The maximum Gasteiger partial charge on any atom is 0.199 e. The van der Waals surface area contributed by atoms with Gasteiger partial charge in [0.1, 0.15) is 23.1 Å². The van der Waals surface area contributed by atoms with Crippen LogP contribution in [0.15, 0.2) is 36.4 Å².